The van der Waals surface area contributed by atoms with Crippen LogP contribution in [0, 0.1) is 0 Å². The summed E-state index contributed by atoms with van der Waals surface area (Å²) in [7, 11) is 0. The quantitative estimate of drug-likeness (QED) is 0.120. The molecular formula is C105H70N8O. The van der Waals surface area contributed by atoms with E-state index in [0.29, 0.717) is 34.9 Å². The molecule has 9 nitrogen and oxygen atoms in total. The predicted molar refractivity (Wildman–Crippen MR) is 468 cm³/mol. The summed E-state index contributed by atoms with van der Waals surface area (Å²) in [5, 5.41) is 6.99. The zero-order valence-corrected chi connectivity index (χ0v) is 62.4. The fourth-order valence-electron chi connectivity index (χ4n) is 17.1. The maximum Gasteiger partial charge on any atom is 0.164 e. The van der Waals surface area contributed by atoms with Gasteiger partial charge in [-0.1, -0.05) is 317 Å². The van der Waals surface area contributed by atoms with E-state index < -0.39 is 0 Å². The maximum absolute atomic E-state index is 6.51. The van der Waals surface area contributed by atoms with Crippen LogP contribution in [0.5, 0.6) is 0 Å². The third-order valence-electron chi connectivity index (χ3n) is 22.5. The number of aromatic nitrogens is 8. The number of nitrogens with zero attached hydrogens (tertiary/aromatic N) is 8. The molecule has 0 radical (unpaired) electrons. The largest absolute Gasteiger partial charge is 0.455 e. The molecule has 5 aromatic heterocycles. The molecule has 22 rings (SSSR count). The smallest absolute Gasteiger partial charge is 0.164 e. The van der Waals surface area contributed by atoms with Crippen molar-refractivity contribution in [1.29, 1.82) is 0 Å². The molecule has 0 spiro atoms. The molecule has 16 aromatic carbocycles. The molecule has 0 unspecified atom stereocenters. The molecule has 0 bridgehead atoms. The first-order valence-electron chi connectivity index (χ1n) is 38.6. The van der Waals surface area contributed by atoms with Gasteiger partial charge in [0.1, 0.15) is 11.2 Å². The minimum atomic E-state index is -0.0736. The van der Waals surface area contributed by atoms with Gasteiger partial charge in [-0.2, -0.15) is 0 Å². The Morgan fingerprint density at radius 1 is 0.219 bits per heavy atom. The minimum absolute atomic E-state index is 0.0736. The van der Waals surface area contributed by atoms with Gasteiger partial charge in [0.05, 0.1) is 22.1 Å². The molecule has 1 aliphatic carbocycles. The second-order valence-electron chi connectivity index (χ2n) is 29.7. The highest BCUT2D eigenvalue weighted by molar-refractivity contribution is 6.19. The molecule has 0 N–H and O–H groups in total. The molecule has 9 heteroatoms. The van der Waals surface area contributed by atoms with E-state index in [1.165, 1.54) is 55.1 Å². The molecule has 0 saturated carbocycles. The molecule has 536 valence electrons. The van der Waals surface area contributed by atoms with Crippen LogP contribution in [0.15, 0.2) is 393 Å². The Labute approximate surface area is 658 Å². The van der Waals surface area contributed by atoms with Crippen molar-refractivity contribution in [3.8, 4) is 135 Å². The Morgan fingerprint density at radius 2 is 0.561 bits per heavy atom. The molecule has 21 aromatic rings. The van der Waals surface area contributed by atoms with Crippen LogP contribution in [-0.4, -0.2) is 39.0 Å². The van der Waals surface area contributed by atoms with Gasteiger partial charge in [0.25, 0.3) is 0 Å². The van der Waals surface area contributed by atoms with Crippen LogP contribution in [-0.2, 0) is 5.41 Å². The average molecular weight is 1460 g/mol. The summed E-state index contributed by atoms with van der Waals surface area (Å²) in [6, 6.07) is 137. The first-order valence-corrected chi connectivity index (χ1v) is 38.6. The number of hydrogen-bond donors (Lipinski definition) is 0. The van der Waals surface area contributed by atoms with Gasteiger partial charge in [0.2, 0.25) is 0 Å². The second kappa shape index (κ2) is 27.8. The predicted octanol–water partition coefficient (Wildman–Crippen LogP) is 26.8. The van der Waals surface area contributed by atoms with E-state index in [4.69, 9.17) is 34.3 Å². The standard InChI is InChI=1S/C54H38N4.C51H32N4O/c1-54(2)46-26-13-12-24-43(46)44-30-28-38(34-47(44)54)37-29-31-48-45(33-37)50-42(25-15-27-49(50)58(48)41-22-10-5-11-23-41)39-20-14-21-40(32-39)53-56-51(35-16-6-3-7-17-35)55-52(57-53)36-18-8-4-9-19-36;1-4-15-33(16-5-1)49-52-50(34-17-6-2-7-18-34)54-51(53-49)37-20-12-19-35(31-37)39-24-14-27-45-47(39)43-32-36(29-30-44(43)55(45)38-21-8-3-9-22-38)40-25-13-26-42-41-23-10-11-28-46(41)56-48(40)42/h3-34H,1-2H3;1-32H. The van der Waals surface area contributed by atoms with Gasteiger partial charge in [-0.25, -0.2) is 29.9 Å². The van der Waals surface area contributed by atoms with Crippen LogP contribution in [0.1, 0.15) is 25.0 Å². The second-order valence-corrected chi connectivity index (χ2v) is 29.7. The summed E-state index contributed by atoms with van der Waals surface area (Å²) in [6.45, 7) is 4.70. The molecule has 0 amide bonds. The third-order valence-corrected chi connectivity index (χ3v) is 22.5. The lowest BCUT2D eigenvalue weighted by molar-refractivity contribution is 0.660. The first-order chi connectivity index (χ1) is 56.3. The lowest BCUT2D eigenvalue weighted by atomic mass is 9.81. The summed E-state index contributed by atoms with van der Waals surface area (Å²) in [5.41, 5.74) is 28.7. The average Bonchev–Trinajstić information content (AvgIpc) is 1.58. The van der Waals surface area contributed by atoms with Crippen molar-refractivity contribution in [3.05, 3.63) is 399 Å². The monoisotopic (exact) mass is 1460 g/mol. The van der Waals surface area contributed by atoms with E-state index in [1.807, 2.05) is 133 Å². The maximum atomic E-state index is 6.51. The van der Waals surface area contributed by atoms with E-state index >= 15 is 0 Å². The molecule has 114 heavy (non-hydrogen) atoms. The van der Waals surface area contributed by atoms with Gasteiger partial charge < -0.3 is 13.6 Å². The number of fused-ring (bicyclic) bond motifs is 12. The molecule has 5 heterocycles. The highest BCUT2D eigenvalue weighted by Gasteiger charge is 2.35. The number of hydrogen-bond acceptors (Lipinski definition) is 7. The lowest BCUT2D eigenvalue weighted by Crippen LogP contribution is -2.14. The molecule has 0 saturated heterocycles. The third kappa shape index (κ3) is 11.7. The van der Waals surface area contributed by atoms with Gasteiger partial charge in [-0.3, -0.25) is 0 Å². The van der Waals surface area contributed by atoms with E-state index in [0.717, 1.165) is 122 Å². The number of furan rings is 1. The van der Waals surface area contributed by atoms with Gasteiger partial charge in [0, 0.05) is 88.1 Å². The van der Waals surface area contributed by atoms with Crippen LogP contribution in [0.2, 0.25) is 0 Å². The summed E-state index contributed by atoms with van der Waals surface area (Å²) in [5.74, 6) is 3.83. The van der Waals surface area contributed by atoms with Crippen LogP contribution < -0.4 is 0 Å². The summed E-state index contributed by atoms with van der Waals surface area (Å²) < 4.78 is 11.3. The van der Waals surface area contributed by atoms with Crippen molar-refractivity contribution >= 4 is 65.6 Å². The van der Waals surface area contributed by atoms with Gasteiger partial charge >= 0.3 is 0 Å². The lowest BCUT2D eigenvalue weighted by Gasteiger charge is -2.22. The van der Waals surface area contributed by atoms with Gasteiger partial charge in [-0.05, 0) is 146 Å². The van der Waals surface area contributed by atoms with Crippen LogP contribution in [0.4, 0.5) is 0 Å². The van der Waals surface area contributed by atoms with Crippen LogP contribution in [0.3, 0.4) is 0 Å². The van der Waals surface area contributed by atoms with Gasteiger partial charge in [0.15, 0.2) is 34.9 Å². The van der Waals surface area contributed by atoms with E-state index in [9.17, 15) is 0 Å². The number of para-hydroxylation sites is 4. The first kappa shape index (κ1) is 67.1. The fourth-order valence-corrected chi connectivity index (χ4v) is 17.1. The van der Waals surface area contributed by atoms with Crippen molar-refractivity contribution in [2.45, 2.75) is 19.3 Å². The highest BCUT2D eigenvalue weighted by Crippen LogP contribution is 2.51. The normalized spacial score (nSPS) is 12.2. The number of rotatable bonds is 12. The Bertz CT molecular complexity index is 7180. The molecule has 1 aliphatic rings. The number of benzene rings is 16. The van der Waals surface area contributed by atoms with Gasteiger partial charge in [-0.15, -0.1) is 0 Å². The Kier molecular flexibility index (Phi) is 16.4. The Morgan fingerprint density at radius 3 is 1.07 bits per heavy atom. The summed E-state index contributed by atoms with van der Waals surface area (Å²) >= 11 is 0. The molecule has 0 aliphatic heterocycles. The summed E-state index contributed by atoms with van der Waals surface area (Å²) in [4.78, 5) is 30.0. The molecular weight excluding hydrogens is 1390 g/mol. The zero-order chi connectivity index (χ0) is 75.8. The zero-order valence-electron chi connectivity index (χ0n) is 62.4. The van der Waals surface area contributed by atoms with Crippen LogP contribution >= 0.6 is 0 Å². The molecule has 0 atom stereocenters. The van der Waals surface area contributed by atoms with Crippen molar-refractivity contribution in [2.75, 3.05) is 0 Å². The fraction of sp³-hybridized carbons (Fsp3) is 0.0286. The minimum Gasteiger partial charge on any atom is -0.455 e. The van der Waals surface area contributed by atoms with Crippen molar-refractivity contribution in [3.63, 3.8) is 0 Å². The molecule has 0 fully saturated rings. The SMILES string of the molecule is CC1(C)c2ccccc2-c2ccc(-c3ccc4c(c3)c3c(-c5cccc(-c6nc(-c7ccccc7)nc(-c7ccccc7)n6)c5)cccc3n4-c3ccccc3)cc21.c1ccc(-c2nc(-c3ccccc3)nc(-c3cccc(-c4cccc5c4c4cc(-c6cccc7c6oc6ccccc67)ccc4n5-c4ccccc4)c3)n2)cc1. The van der Waals surface area contributed by atoms with Crippen LogP contribution in [0.25, 0.3) is 201 Å². The van der Waals surface area contributed by atoms with Crippen molar-refractivity contribution in [1.82, 2.24) is 39.0 Å². The Balaban J connectivity index is 0.000000143. The Hall–Kier alpha value is -15.1. The van der Waals surface area contributed by atoms with E-state index in [2.05, 4.69) is 278 Å². The topological polar surface area (TPSA) is 100 Å². The van der Waals surface area contributed by atoms with E-state index in [1.54, 1.807) is 0 Å². The van der Waals surface area contributed by atoms with Crippen molar-refractivity contribution in [2.24, 2.45) is 0 Å². The summed E-state index contributed by atoms with van der Waals surface area (Å²) in [6.07, 6.45) is 0. The van der Waals surface area contributed by atoms with E-state index in [-0.39, 0.29) is 5.41 Å². The van der Waals surface area contributed by atoms with Crippen molar-refractivity contribution < 1.29 is 4.42 Å². The highest BCUT2D eigenvalue weighted by atomic mass is 16.3.